The maximum Gasteiger partial charge on any atom is 0.228 e. The molecule has 0 atom stereocenters. The molecule has 144 valence electrons. The summed E-state index contributed by atoms with van der Waals surface area (Å²) in [7, 11) is 0. The molecule has 3 rings (SSSR count). The summed E-state index contributed by atoms with van der Waals surface area (Å²) in [6.07, 6.45) is 1.52. The third-order valence-corrected chi connectivity index (χ3v) is 4.64. The molecule has 0 radical (unpaired) electrons. The van der Waals surface area contributed by atoms with E-state index in [1.54, 1.807) is 18.2 Å². The fraction of sp³-hybridized carbons (Fsp3) is 0.238. The molecule has 1 aromatic heterocycles. The maximum absolute atomic E-state index is 11.9. The highest BCUT2D eigenvalue weighted by atomic mass is 79.9. The largest absolute Gasteiger partial charge is 0.488 e. The van der Waals surface area contributed by atoms with Crippen LogP contribution in [0.25, 0.3) is 10.9 Å². The Kier molecular flexibility index (Phi) is 6.04. The van der Waals surface area contributed by atoms with Gasteiger partial charge >= 0.3 is 0 Å². The van der Waals surface area contributed by atoms with E-state index in [0.717, 1.165) is 26.8 Å². The molecular formula is C21H20BrN3O3. The molecule has 0 aliphatic rings. The van der Waals surface area contributed by atoms with Crippen LogP contribution in [0.2, 0.25) is 0 Å². The van der Waals surface area contributed by atoms with Crippen molar-refractivity contribution in [1.82, 2.24) is 9.97 Å². The molecular weight excluding hydrogens is 422 g/mol. The van der Waals surface area contributed by atoms with E-state index in [0.29, 0.717) is 11.3 Å². The SMILES string of the molecule is CC(=O)C(=O)c1cccc(COc2cc3ncnc(NC(C)C)c3cc2Br)c1. The predicted molar refractivity (Wildman–Crippen MR) is 112 cm³/mol. The van der Waals surface area contributed by atoms with Crippen molar-refractivity contribution in [3.63, 3.8) is 0 Å². The molecule has 7 heteroatoms. The number of nitrogens with one attached hydrogen (secondary N) is 1. The Balaban J connectivity index is 1.83. The second kappa shape index (κ2) is 8.48. The number of hydrogen-bond donors (Lipinski definition) is 1. The number of carbonyl (C=O) groups is 2. The molecule has 1 N–H and O–H groups in total. The number of rotatable bonds is 7. The minimum atomic E-state index is -0.504. The molecule has 0 saturated heterocycles. The van der Waals surface area contributed by atoms with Crippen LogP contribution in [0, 0.1) is 0 Å². The summed E-state index contributed by atoms with van der Waals surface area (Å²) in [4.78, 5) is 31.8. The van der Waals surface area contributed by atoms with Gasteiger partial charge in [-0.25, -0.2) is 9.97 Å². The van der Waals surface area contributed by atoms with Crippen LogP contribution in [0.15, 0.2) is 47.2 Å². The number of Topliss-reactive ketones (excluding diaryl/α,β-unsaturated/α-hetero) is 2. The van der Waals surface area contributed by atoms with Crippen molar-refractivity contribution in [3.05, 3.63) is 58.3 Å². The van der Waals surface area contributed by atoms with E-state index < -0.39 is 11.6 Å². The molecule has 6 nitrogen and oxygen atoms in total. The van der Waals surface area contributed by atoms with Gasteiger partial charge in [-0.15, -0.1) is 0 Å². The van der Waals surface area contributed by atoms with Gasteiger partial charge in [0.25, 0.3) is 0 Å². The first kappa shape index (κ1) is 19.9. The predicted octanol–water partition coefficient (Wildman–Crippen LogP) is 4.56. The summed E-state index contributed by atoms with van der Waals surface area (Å²) >= 11 is 3.54. The van der Waals surface area contributed by atoms with Gasteiger partial charge in [-0.3, -0.25) is 9.59 Å². The number of aromatic nitrogens is 2. The average molecular weight is 442 g/mol. The molecule has 0 aliphatic carbocycles. The third kappa shape index (κ3) is 4.54. The van der Waals surface area contributed by atoms with E-state index in [9.17, 15) is 9.59 Å². The maximum atomic E-state index is 11.9. The van der Waals surface area contributed by atoms with E-state index in [2.05, 4.69) is 31.2 Å². The van der Waals surface area contributed by atoms with Gasteiger partial charge in [0, 0.05) is 30.0 Å². The fourth-order valence-electron chi connectivity index (χ4n) is 2.72. The van der Waals surface area contributed by atoms with Gasteiger partial charge in [0.05, 0.1) is 9.99 Å². The van der Waals surface area contributed by atoms with Crippen LogP contribution >= 0.6 is 15.9 Å². The summed E-state index contributed by atoms with van der Waals surface area (Å²) in [6.45, 7) is 5.62. The van der Waals surface area contributed by atoms with Crippen molar-refractivity contribution in [2.75, 3.05) is 5.32 Å². The number of ketones is 2. The van der Waals surface area contributed by atoms with E-state index in [1.807, 2.05) is 32.0 Å². The zero-order chi connectivity index (χ0) is 20.3. The number of benzene rings is 2. The van der Waals surface area contributed by atoms with Gasteiger partial charge in [-0.05, 0) is 47.5 Å². The Morgan fingerprint density at radius 2 is 1.96 bits per heavy atom. The number of ether oxygens (including phenoxy) is 1. The molecule has 3 aromatic rings. The van der Waals surface area contributed by atoms with Crippen molar-refractivity contribution in [1.29, 1.82) is 0 Å². The van der Waals surface area contributed by atoms with Gasteiger partial charge in [0.15, 0.2) is 5.78 Å². The van der Waals surface area contributed by atoms with Crippen LogP contribution in [0.1, 0.15) is 36.7 Å². The van der Waals surface area contributed by atoms with Crippen LogP contribution in [0.4, 0.5) is 5.82 Å². The fourth-order valence-corrected chi connectivity index (χ4v) is 3.18. The molecule has 0 aliphatic heterocycles. The zero-order valence-electron chi connectivity index (χ0n) is 15.8. The van der Waals surface area contributed by atoms with E-state index in [4.69, 9.17) is 4.74 Å². The lowest BCUT2D eigenvalue weighted by atomic mass is 10.1. The van der Waals surface area contributed by atoms with Gasteiger partial charge in [0.1, 0.15) is 24.5 Å². The topological polar surface area (TPSA) is 81.2 Å². The van der Waals surface area contributed by atoms with Crippen LogP contribution < -0.4 is 10.1 Å². The van der Waals surface area contributed by atoms with Crippen LogP contribution in [0.5, 0.6) is 5.75 Å². The minimum absolute atomic E-state index is 0.248. The van der Waals surface area contributed by atoms with E-state index in [1.165, 1.54) is 13.3 Å². The molecule has 0 saturated carbocycles. The van der Waals surface area contributed by atoms with Gasteiger partial charge in [-0.2, -0.15) is 0 Å². The lowest BCUT2D eigenvalue weighted by Gasteiger charge is -2.13. The van der Waals surface area contributed by atoms with Gasteiger partial charge in [0.2, 0.25) is 5.78 Å². The highest BCUT2D eigenvalue weighted by Crippen LogP contribution is 2.32. The second-order valence-corrected chi connectivity index (χ2v) is 7.55. The summed E-state index contributed by atoms with van der Waals surface area (Å²) in [5, 5.41) is 4.20. The normalized spacial score (nSPS) is 10.9. The first-order valence-electron chi connectivity index (χ1n) is 8.83. The molecule has 0 spiro atoms. The number of hydrogen-bond acceptors (Lipinski definition) is 6. The van der Waals surface area contributed by atoms with Crippen molar-refractivity contribution in [2.45, 2.75) is 33.4 Å². The second-order valence-electron chi connectivity index (χ2n) is 6.70. The molecule has 0 bridgehead atoms. The molecule has 28 heavy (non-hydrogen) atoms. The highest BCUT2D eigenvalue weighted by Gasteiger charge is 2.13. The van der Waals surface area contributed by atoms with Crippen LogP contribution in [-0.2, 0) is 11.4 Å². The Morgan fingerprint density at radius 3 is 2.68 bits per heavy atom. The molecule has 0 unspecified atom stereocenters. The standard InChI is InChI=1S/C21H20BrN3O3/c1-12(2)25-21-16-8-17(22)19(9-18(16)23-11-24-21)28-10-14-5-4-6-15(7-14)20(27)13(3)26/h4-9,11-12H,10H2,1-3H3,(H,23,24,25). The number of fused-ring (bicyclic) bond motifs is 1. The molecule has 0 fully saturated rings. The summed E-state index contributed by atoms with van der Waals surface area (Å²) in [5.41, 5.74) is 1.92. The van der Waals surface area contributed by atoms with Crippen molar-refractivity contribution < 1.29 is 14.3 Å². The van der Waals surface area contributed by atoms with Crippen molar-refractivity contribution >= 4 is 44.2 Å². The minimum Gasteiger partial charge on any atom is -0.488 e. The molecule has 2 aromatic carbocycles. The lowest BCUT2D eigenvalue weighted by molar-refractivity contribution is -0.113. The highest BCUT2D eigenvalue weighted by molar-refractivity contribution is 9.10. The Hall–Kier alpha value is -2.80. The Morgan fingerprint density at radius 1 is 1.18 bits per heavy atom. The quantitative estimate of drug-likeness (QED) is 0.427. The first-order valence-corrected chi connectivity index (χ1v) is 9.62. The average Bonchev–Trinajstić information content (AvgIpc) is 2.66. The summed E-state index contributed by atoms with van der Waals surface area (Å²) in [6, 6.07) is 10.9. The van der Waals surface area contributed by atoms with Crippen molar-refractivity contribution in [2.24, 2.45) is 0 Å². The van der Waals surface area contributed by atoms with Gasteiger partial charge < -0.3 is 10.1 Å². The first-order chi connectivity index (χ1) is 13.3. The number of carbonyl (C=O) groups excluding carboxylic acids is 2. The van der Waals surface area contributed by atoms with Crippen LogP contribution in [0.3, 0.4) is 0 Å². The number of halogens is 1. The molecule has 1 heterocycles. The Labute approximate surface area is 171 Å². The third-order valence-electron chi connectivity index (χ3n) is 4.02. The van der Waals surface area contributed by atoms with Crippen molar-refractivity contribution in [3.8, 4) is 5.75 Å². The van der Waals surface area contributed by atoms with E-state index in [-0.39, 0.29) is 12.6 Å². The summed E-state index contributed by atoms with van der Waals surface area (Å²) < 4.78 is 6.70. The summed E-state index contributed by atoms with van der Waals surface area (Å²) in [5.74, 6) is 0.407. The van der Waals surface area contributed by atoms with Crippen LogP contribution in [-0.4, -0.2) is 27.6 Å². The van der Waals surface area contributed by atoms with E-state index >= 15 is 0 Å². The van der Waals surface area contributed by atoms with Gasteiger partial charge in [-0.1, -0.05) is 18.2 Å². The Bertz CT molecular complexity index is 1050. The smallest absolute Gasteiger partial charge is 0.228 e. The number of nitrogens with zero attached hydrogens (tertiary/aromatic N) is 2. The molecule has 0 amide bonds. The monoisotopic (exact) mass is 441 g/mol. The zero-order valence-corrected chi connectivity index (χ0v) is 17.4. The number of anilines is 1. The lowest BCUT2D eigenvalue weighted by Crippen LogP contribution is -2.11.